The molecule has 0 saturated carbocycles. The minimum absolute atomic E-state index is 0.225. The zero-order valence-corrected chi connectivity index (χ0v) is 18.0. The van der Waals surface area contributed by atoms with Crippen LogP contribution in [0.4, 0.5) is 5.69 Å². The van der Waals surface area contributed by atoms with Crippen LogP contribution in [-0.2, 0) is 4.79 Å². The van der Waals surface area contributed by atoms with Crippen molar-refractivity contribution in [1.29, 1.82) is 0 Å². The Balaban J connectivity index is 1.57. The van der Waals surface area contributed by atoms with E-state index in [2.05, 4.69) is 26.2 Å². The van der Waals surface area contributed by atoms with Gasteiger partial charge in [0.05, 0.1) is 15.6 Å². The van der Waals surface area contributed by atoms with Crippen LogP contribution in [0.5, 0.6) is 0 Å². The molecule has 1 N–H and O–H groups in total. The molecule has 0 spiro atoms. The summed E-state index contributed by atoms with van der Waals surface area (Å²) in [5.41, 5.74) is 1.44. The molecular formula is C20H11BrCl2N2O2S. The fourth-order valence-corrected chi connectivity index (χ4v) is 4.13. The van der Waals surface area contributed by atoms with Crippen LogP contribution in [0.1, 0.15) is 5.76 Å². The summed E-state index contributed by atoms with van der Waals surface area (Å²) in [6.45, 7) is 0. The van der Waals surface area contributed by atoms with Crippen LogP contribution < -0.4 is 5.32 Å². The average Bonchev–Trinajstić information content (AvgIpc) is 3.24. The number of carbonyl (C=O) groups is 1. The molecule has 0 aliphatic carbocycles. The van der Waals surface area contributed by atoms with Gasteiger partial charge in [-0.3, -0.25) is 4.79 Å². The van der Waals surface area contributed by atoms with Crippen LogP contribution in [0.2, 0.25) is 10.0 Å². The Hall–Kier alpha value is -1.99. The van der Waals surface area contributed by atoms with E-state index in [9.17, 15) is 4.79 Å². The van der Waals surface area contributed by atoms with Gasteiger partial charge < -0.3 is 9.73 Å². The van der Waals surface area contributed by atoms with E-state index in [4.69, 9.17) is 27.6 Å². The van der Waals surface area contributed by atoms with Crippen molar-refractivity contribution in [3.63, 3.8) is 0 Å². The second-order valence-corrected chi connectivity index (χ2v) is 8.58. The van der Waals surface area contributed by atoms with Crippen LogP contribution in [0, 0.1) is 0 Å². The third-order valence-corrected chi connectivity index (χ3v) is 5.75. The minimum atomic E-state index is -0.225. The number of nitrogens with one attached hydrogen (secondary N) is 1. The summed E-state index contributed by atoms with van der Waals surface area (Å²) in [6.07, 6.45) is 1.67. The quantitative estimate of drug-likeness (QED) is 0.403. The van der Waals surface area contributed by atoms with Crippen molar-refractivity contribution in [2.75, 3.05) is 0 Å². The van der Waals surface area contributed by atoms with E-state index in [-0.39, 0.29) is 5.91 Å². The van der Waals surface area contributed by atoms with Gasteiger partial charge in [0, 0.05) is 21.1 Å². The van der Waals surface area contributed by atoms with Crippen molar-refractivity contribution in [3.8, 4) is 11.3 Å². The monoisotopic (exact) mass is 492 g/mol. The number of benzene rings is 2. The lowest BCUT2D eigenvalue weighted by atomic mass is 10.2. The molecule has 0 unspecified atom stereocenters. The highest BCUT2D eigenvalue weighted by Crippen LogP contribution is 2.34. The summed E-state index contributed by atoms with van der Waals surface area (Å²) >= 11 is 16.9. The standard InChI is InChI=1S/C20H11BrCl2N2O2S/c21-11-2-1-3-13(8-11)24-20-25-19(26)18(28-20)10-14-5-7-17(27-14)15-9-12(22)4-6-16(15)23/h1-10H,(H,24,25,26)/b18-10-. The molecule has 1 aromatic heterocycles. The number of halogens is 3. The predicted octanol–water partition coefficient (Wildman–Crippen LogP) is 6.91. The fraction of sp³-hybridized carbons (Fsp3) is 0. The topological polar surface area (TPSA) is 54.6 Å². The van der Waals surface area contributed by atoms with Crippen LogP contribution in [0.15, 0.2) is 73.4 Å². The summed E-state index contributed by atoms with van der Waals surface area (Å²) in [5, 5.41) is 4.37. The summed E-state index contributed by atoms with van der Waals surface area (Å²) in [4.78, 5) is 17.2. The van der Waals surface area contributed by atoms with Crippen molar-refractivity contribution >= 4 is 73.7 Å². The van der Waals surface area contributed by atoms with Crippen molar-refractivity contribution in [2.45, 2.75) is 0 Å². The molecule has 2 heterocycles. The summed E-state index contributed by atoms with van der Waals surface area (Å²) in [5.74, 6) is 0.885. The molecule has 0 radical (unpaired) electrons. The first-order valence-corrected chi connectivity index (χ1v) is 10.4. The first-order chi connectivity index (χ1) is 13.5. The number of amides is 1. The van der Waals surface area contributed by atoms with Crippen molar-refractivity contribution < 1.29 is 9.21 Å². The Bertz CT molecular complexity index is 1140. The first-order valence-electron chi connectivity index (χ1n) is 8.08. The number of nitrogens with zero attached hydrogens (tertiary/aromatic N) is 1. The largest absolute Gasteiger partial charge is 0.457 e. The Labute approximate surface area is 183 Å². The highest BCUT2D eigenvalue weighted by atomic mass is 79.9. The van der Waals surface area contributed by atoms with Crippen molar-refractivity contribution in [3.05, 3.63) is 79.8 Å². The Morgan fingerprint density at radius 1 is 1.11 bits per heavy atom. The van der Waals surface area contributed by atoms with Crippen LogP contribution in [-0.4, -0.2) is 11.1 Å². The smallest absolute Gasteiger partial charge is 0.264 e. The number of thioether (sulfide) groups is 1. The lowest BCUT2D eigenvalue weighted by Gasteiger charge is -2.01. The van der Waals surface area contributed by atoms with Crippen molar-refractivity contribution in [1.82, 2.24) is 5.32 Å². The predicted molar refractivity (Wildman–Crippen MR) is 119 cm³/mol. The molecule has 28 heavy (non-hydrogen) atoms. The molecule has 4 rings (SSSR count). The number of rotatable bonds is 3. The number of hydrogen-bond acceptors (Lipinski definition) is 4. The fourth-order valence-electron chi connectivity index (χ4n) is 2.53. The summed E-state index contributed by atoms with van der Waals surface area (Å²) in [7, 11) is 0. The molecule has 1 amide bonds. The lowest BCUT2D eigenvalue weighted by molar-refractivity contribution is -0.115. The van der Waals surface area contributed by atoms with Crippen molar-refractivity contribution in [2.24, 2.45) is 4.99 Å². The van der Waals surface area contributed by atoms with Gasteiger partial charge in [-0.2, -0.15) is 0 Å². The second-order valence-electron chi connectivity index (χ2n) is 5.79. The molecule has 4 nitrogen and oxygen atoms in total. The van der Waals surface area contributed by atoms with Crippen LogP contribution in [0.25, 0.3) is 17.4 Å². The van der Waals surface area contributed by atoms with E-state index in [1.54, 1.807) is 36.4 Å². The Morgan fingerprint density at radius 2 is 1.96 bits per heavy atom. The zero-order chi connectivity index (χ0) is 19.7. The molecule has 3 aromatic rings. The van der Waals surface area contributed by atoms with Gasteiger partial charge in [-0.1, -0.05) is 45.2 Å². The lowest BCUT2D eigenvalue weighted by Crippen LogP contribution is -2.19. The Morgan fingerprint density at radius 3 is 2.79 bits per heavy atom. The molecule has 1 aliphatic rings. The maximum absolute atomic E-state index is 12.3. The van der Waals surface area contributed by atoms with E-state index in [0.717, 1.165) is 10.2 Å². The van der Waals surface area contributed by atoms with Gasteiger partial charge in [0.25, 0.3) is 5.91 Å². The molecule has 140 valence electrons. The highest BCUT2D eigenvalue weighted by molar-refractivity contribution is 9.10. The molecule has 1 fully saturated rings. The van der Waals surface area contributed by atoms with Crippen LogP contribution in [0.3, 0.4) is 0 Å². The van der Waals surface area contributed by atoms with E-state index < -0.39 is 0 Å². The first kappa shape index (κ1) is 19.3. The van der Waals surface area contributed by atoms with Gasteiger partial charge in [-0.15, -0.1) is 0 Å². The maximum atomic E-state index is 12.3. The van der Waals surface area contributed by atoms with E-state index >= 15 is 0 Å². The molecule has 1 saturated heterocycles. The molecule has 0 atom stereocenters. The third kappa shape index (κ3) is 4.36. The van der Waals surface area contributed by atoms with Gasteiger partial charge >= 0.3 is 0 Å². The number of amidine groups is 1. The second kappa shape index (κ2) is 8.17. The number of carbonyl (C=O) groups excluding carboxylic acids is 1. The molecule has 2 aromatic carbocycles. The summed E-state index contributed by atoms with van der Waals surface area (Å²) < 4.78 is 6.74. The van der Waals surface area contributed by atoms with Gasteiger partial charge in [-0.25, -0.2) is 4.99 Å². The minimum Gasteiger partial charge on any atom is -0.457 e. The molecule has 8 heteroatoms. The Kier molecular flexibility index (Phi) is 5.64. The van der Waals surface area contributed by atoms with Gasteiger partial charge in [-0.05, 0) is 60.3 Å². The number of aliphatic imine (C=N–C) groups is 1. The normalized spacial score (nSPS) is 16.8. The molecular weight excluding hydrogens is 483 g/mol. The molecule has 1 aliphatic heterocycles. The SMILES string of the molecule is O=C1NC(=Nc2cccc(Br)c2)S/C1=C\c1ccc(-c2cc(Cl)ccc2Cl)o1. The van der Waals surface area contributed by atoms with Gasteiger partial charge in [0.15, 0.2) is 5.17 Å². The van der Waals surface area contributed by atoms with E-state index in [0.29, 0.717) is 37.2 Å². The maximum Gasteiger partial charge on any atom is 0.264 e. The van der Waals surface area contributed by atoms with Crippen LogP contribution >= 0.6 is 50.9 Å². The third-order valence-electron chi connectivity index (χ3n) is 3.78. The number of hydrogen-bond donors (Lipinski definition) is 1. The van der Waals surface area contributed by atoms with E-state index in [1.807, 2.05) is 24.3 Å². The highest BCUT2D eigenvalue weighted by Gasteiger charge is 2.24. The summed E-state index contributed by atoms with van der Waals surface area (Å²) in [6, 6.07) is 16.3. The zero-order valence-electron chi connectivity index (χ0n) is 14.1. The van der Waals surface area contributed by atoms with Gasteiger partial charge in [0.1, 0.15) is 11.5 Å². The van der Waals surface area contributed by atoms with E-state index in [1.165, 1.54) is 11.8 Å². The number of furan rings is 1. The molecule has 0 bridgehead atoms. The average molecular weight is 494 g/mol. The van der Waals surface area contributed by atoms with Gasteiger partial charge in [0.2, 0.25) is 0 Å².